The van der Waals surface area contributed by atoms with Crippen molar-refractivity contribution in [3.63, 3.8) is 0 Å². The standard InChI is InChI=1S/C22H16N2O7/c1-14-18(8-5-9-19(14)24(29)30)22(26)31-21(20(25)15-6-3-2-4-7-15)16-10-12-17(13-11-16)23(27)28/h2-13,21H,1H3/t21-/m0/s1. The first-order valence-corrected chi connectivity index (χ1v) is 9.08. The quantitative estimate of drug-likeness (QED) is 0.236. The van der Waals surface area contributed by atoms with Gasteiger partial charge in [-0.2, -0.15) is 0 Å². The van der Waals surface area contributed by atoms with Gasteiger partial charge in [0, 0.05) is 34.9 Å². The summed E-state index contributed by atoms with van der Waals surface area (Å²) in [4.78, 5) is 46.8. The van der Waals surface area contributed by atoms with Gasteiger partial charge in [-0.3, -0.25) is 25.0 Å². The zero-order valence-corrected chi connectivity index (χ0v) is 16.3. The zero-order valence-electron chi connectivity index (χ0n) is 16.3. The third-order valence-electron chi connectivity index (χ3n) is 4.65. The molecule has 0 fully saturated rings. The summed E-state index contributed by atoms with van der Waals surface area (Å²) < 4.78 is 5.47. The Kier molecular flexibility index (Phi) is 6.15. The number of ketones is 1. The number of Topliss-reactive ketones (excluding diaryl/α,β-unsaturated/α-hetero) is 1. The third-order valence-corrected chi connectivity index (χ3v) is 4.65. The molecular weight excluding hydrogens is 404 g/mol. The van der Waals surface area contributed by atoms with Crippen molar-refractivity contribution in [1.82, 2.24) is 0 Å². The summed E-state index contributed by atoms with van der Waals surface area (Å²) in [6, 6.07) is 17.1. The molecule has 0 radical (unpaired) electrons. The topological polar surface area (TPSA) is 130 Å². The van der Waals surface area contributed by atoms with E-state index in [-0.39, 0.29) is 33.6 Å². The van der Waals surface area contributed by atoms with Gasteiger partial charge in [0.25, 0.3) is 11.4 Å². The lowest BCUT2D eigenvalue weighted by Gasteiger charge is -2.18. The molecular formula is C22H16N2O7. The highest BCUT2D eigenvalue weighted by molar-refractivity contribution is 6.02. The Morgan fingerprint density at radius 2 is 1.48 bits per heavy atom. The summed E-state index contributed by atoms with van der Waals surface area (Å²) in [6.45, 7) is 1.41. The van der Waals surface area contributed by atoms with Crippen molar-refractivity contribution in [2.45, 2.75) is 13.0 Å². The highest BCUT2D eigenvalue weighted by Crippen LogP contribution is 2.28. The molecule has 156 valence electrons. The number of ether oxygens (including phenoxy) is 1. The van der Waals surface area contributed by atoms with Gasteiger partial charge < -0.3 is 4.74 Å². The third kappa shape index (κ3) is 4.61. The van der Waals surface area contributed by atoms with Crippen LogP contribution in [0.25, 0.3) is 0 Å². The van der Waals surface area contributed by atoms with Crippen LogP contribution in [-0.4, -0.2) is 21.6 Å². The highest BCUT2D eigenvalue weighted by atomic mass is 16.6. The summed E-state index contributed by atoms with van der Waals surface area (Å²) in [5.41, 5.74) is 0.116. The molecule has 9 nitrogen and oxygen atoms in total. The van der Waals surface area contributed by atoms with Gasteiger partial charge in [0.1, 0.15) is 0 Å². The molecule has 0 aliphatic carbocycles. The molecule has 3 aromatic rings. The second kappa shape index (κ2) is 8.95. The number of carbonyl (C=O) groups is 2. The van der Waals surface area contributed by atoms with E-state index in [9.17, 15) is 29.8 Å². The average molecular weight is 420 g/mol. The first-order valence-electron chi connectivity index (χ1n) is 9.08. The van der Waals surface area contributed by atoms with E-state index in [1.807, 2.05) is 0 Å². The van der Waals surface area contributed by atoms with E-state index < -0.39 is 27.7 Å². The molecule has 0 N–H and O–H groups in total. The van der Waals surface area contributed by atoms with E-state index in [0.717, 1.165) is 0 Å². The Balaban J connectivity index is 2.00. The predicted octanol–water partition coefficient (Wildman–Crippen LogP) is 4.59. The largest absolute Gasteiger partial charge is 0.445 e. The fourth-order valence-electron chi connectivity index (χ4n) is 3.01. The molecule has 0 spiro atoms. The van der Waals surface area contributed by atoms with Gasteiger partial charge >= 0.3 is 5.97 Å². The van der Waals surface area contributed by atoms with Crippen molar-refractivity contribution in [1.29, 1.82) is 0 Å². The van der Waals surface area contributed by atoms with Gasteiger partial charge in [-0.1, -0.05) is 36.4 Å². The Morgan fingerprint density at radius 1 is 0.839 bits per heavy atom. The molecule has 3 aromatic carbocycles. The number of nitrogens with zero attached hydrogens (tertiary/aromatic N) is 2. The minimum atomic E-state index is -1.39. The Bertz CT molecular complexity index is 1160. The van der Waals surface area contributed by atoms with Crippen LogP contribution < -0.4 is 0 Å². The minimum Gasteiger partial charge on any atom is -0.445 e. The Labute approximate surface area is 176 Å². The number of esters is 1. The van der Waals surface area contributed by atoms with Crippen LogP contribution in [0.2, 0.25) is 0 Å². The Morgan fingerprint density at radius 3 is 2.06 bits per heavy atom. The lowest BCUT2D eigenvalue weighted by atomic mass is 9.99. The molecule has 0 amide bonds. The summed E-state index contributed by atoms with van der Waals surface area (Å²) in [7, 11) is 0. The van der Waals surface area contributed by atoms with Crippen LogP contribution in [0.4, 0.5) is 11.4 Å². The van der Waals surface area contributed by atoms with E-state index in [2.05, 4.69) is 0 Å². The van der Waals surface area contributed by atoms with Crippen molar-refractivity contribution in [2.24, 2.45) is 0 Å². The SMILES string of the molecule is Cc1c(C(=O)O[C@H](C(=O)c2ccccc2)c2ccc([N+](=O)[O-])cc2)cccc1[N+](=O)[O-]. The van der Waals surface area contributed by atoms with Crippen molar-refractivity contribution in [3.05, 3.63) is 115 Å². The number of nitro groups is 2. The molecule has 31 heavy (non-hydrogen) atoms. The van der Waals surface area contributed by atoms with Gasteiger partial charge in [-0.15, -0.1) is 0 Å². The smallest absolute Gasteiger partial charge is 0.339 e. The van der Waals surface area contributed by atoms with Crippen LogP contribution in [0, 0.1) is 27.2 Å². The fraction of sp³-hybridized carbons (Fsp3) is 0.0909. The van der Waals surface area contributed by atoms with Gasteiger partial charge in [0.2, 0.25) is 5.78 Å². The maximum atomic E-state index is 13.1. The average Bonchev–Trinajstić information content (AvgIpc) is 2.77. The molecule has 0 unspecified atom stereocenters. The summed E-state index contributed by atoms with van der Waals surface area (Å²) in [5, 5.41) is 22.1. The maximum absolute atomic E-state index is 13.1. The normalized spacial score (nSPS) is 11.4. The van der Waals surface area contributed by atoms with Crippen LogP contribution in [0.15, 0.2) is 72.8 Å². The highest BCUT2D eigenvalue weighted by Gasteiger charge is 2.29. The van der Waals surface area contributed by atoms with Crippen LogP contribution >= 0.6 is 0 Å². The fourth-order valence-corrected chi connectivity index (χ4v) is 3.01. The van der Waals surface area contributed by atoms with E-state index in [0.29, 0.717) is 0 Å². The molecule has 0 aliphatic rings. The van der Waals surface area contributed by atoms with Gasteiger partial charge in [0.15, 0.2) is 6.10 Å². The molecule has 0 saturated carbocycles. The molecule has 0 bridgehead atoms. The molecule has 0 aliphatic heterocycles. The number of carbonyl (C=O) groups excluding carboxylic acids is 2. The van der Waals surface area contributed by atoms with E-state index in [1.165, 1.54) is 49.4 Å². The molecule has 3 rings (SSSR count). The van der Waals surface area contributed by atoms with Crippen LogP contribution in [0.3, 0.4) is 0 Å². The van der Waals surface area contributed by atoms with Crippen LogP contribution in [0.5, 0.6) is 0 Å². The van der Waals surface area contributed by atoms with Crippen LogP contribution in [0.1, 0.15) is 37.9 Å². The molecule has 9 heteroatoms. The Hall–Kier alpha value is -4.40. The van der Waals surface area contributed by atoms with E-state index in [4.69, 9.17) is 4.74 Å². The lowest BCUT2D eigenvalue weighted by Crippen LogP contribution is -2.21. The van der Waals surface area contributed by atoms with Gasteiger partial charge in [-0.05, 0) is 25.1 Å². The van der Waals surface area contributed by atoms with Crippen LogP contribution in [-0.2, 0) is 4.74 Å². The van der Waals surface area contributed by atoms with Crippen molar-refractivity contribution < 1.29 is 24.2 Å². The van der Waals surface area contributed by atoms with Gasteiger partial charge in [-0.25, -0.2) is 4.79 Å². The number of nitro benzene ring substituents is 2. The number of hydrogen-bond donors (Lipinski definition) is 0. The van der Waals surface area contributed by atoms with E-state index >= 15 is 0 Å². The van der Waals surface area contributed by atoms with Crippen molar-refractivity contribution in [2.75, 3.05) is 0 Å². The monoisotopic (exact) mass is 420 g/mol. The second-order valence-corrected chi connectivity index (χ2v) is 6.57. The van der Waals surface area contributed by atoms with Crippen molar-refractivity contribution >= 4 is 23.1 Å². The molecule has 0 saturated heterocycles. The first-order chi connectivity index (χ1) is 14.8. The zero-order chi connectivity index (χ0) is 22.5. The van der Waals surface area contributed by atoms with Gasteiger partial charge in [0.05, 0.1) is 15.4 Å². The summed E-state index contributed by atoms with van der Waals surface area (Å²) >= 11 is 0. The summed E-state index contributed by atoms with van der Waals surface area (Å²) in [5.74, 6) is -1.46. The first kappa shape index (κ1) is 21.3. The number of non-ortho nitro benzene ring substituents is 1. The molecule has 0 aromatic heterocycles. The molecule has 0 heterocycles. The number of hydrogen-bond acceptors (Lipinski definition) is 7. The van der Waals surface area contributed by atoms with Crippen molar-refractivity contribution in [3.8, 4) is 0 Å². The lowest BCUT2D eigenvalue weighted by molar-refractivity contribution is -0.385. The number of benzene rings is 3. The molecule has 1 atom stereocenters. The van der Waals surface area contributed by atoms with E-state index in [1.54, 1.807) is 30.3 Å². The predicted molar refractivity (Wildman–Crippen MR) is 110 cm³/mol. The minimum absolute atomic E-state index is 0.0537. The maximum Gasteiger partial charge on any atom is 0.339 e. The number of rotatable bonds is 7. The summed E-state index contributed by atoms with van der Waals surface area (Å²) in [6.07, 6.45) is -1.39. The second-order valence-electron chi connectivity index (χ2n) is 6.57.